The first-order chi connectivity index (χ1) is 8.61. The molecule has 0 aliphatic carbocycles. The fourth-order valence-electron chi connectivity index (χ4n) is 1.45. The number of halogens is 1. The number of benzene rings is 1. The van der Waals surface area contributed by atoms with E-state index in [2.05, 4.69) is 4.98 Å². The third kappa shape index (κ3) is 2.53. The molecule has 0 aliphatic heterocycles. The average Bonchev–Trinajstić information content (AvgIpc) is 2.79. The summed E-state index contributed by atoms with van der Waals surface area (Å²) < 4.78 is 15.5. The van der Waals surface area contributed by atoms with Gasteiger partial charge in [-0.2, -0.15) is 0 Å². The van der Waals surface area contributed by atoms with Crippen LogP contribution in [0.3, 0.4) is 0 Å². The van der Waals surface area contributed by atoms with Crippen LogP contribution in [0.4, 0.5) is 4.39 Å². The normalized spacial score (nSPS) is 10.6. The van der Waals surface area contributed by atoms with Gasteiger partial charge in [0.15, 0.2) is 5.16 Å². The summed E-state index contributed by atoms with van der Waals surface area (Å²) in [5.74, 6) is -1.52. The van der Waals surface area contributed by atoms with Gasteiger partial charge in [0.05, 0.1) is 10.5 Å². The lowest BCUT2D eigenvalue weighted by Gasteiger charge is -2.06. The van der Waals surface area contributed by atoms with Gasteiger partial charge in [0.1, 0.15) is 5.82 Å². The Morgan fingerprint density at radius 2 is 2.33 bits per heavy atom. The molecule has 4 nitrogen and oxygen atoms in total. The molecule has 0 unspecified atom stereocenters. The van der Waals surface area contributed by atoms with Crippen molar-refractivity contribution in [3.8, 4) is 0 Å². The number of hydrogen-bond donors (Lipinski definition) is 1. The molecular formula is C12H11FN2O2S. The van der Waals surface area contributed by atoms with Crippen LogP contribution in [0.15, 0.2) is 40.6 Å². The van der Waals surface area contributed by atoms with Crippen molar-refractivity contribution in [1.29, 1.82) is 0 Å². The molecule has 0 aliphatic rings. The van der Waals surface area contributed by atoms with Crippen molar-refractivity contribution in [2.45, 2.75) is 23.5 Å². The molecule has 6 heteroatoms. The topological polar surface area (TPSA) is 55.1 Å². The van der Waals surface area contributed by atoms with Crippen LogP contribution in [-0.2, 0) is 6.54 Å². The first kappa shape index (κ1) is 12.6. The van der Waals surface area contributed by atoms with Crippen molar-refractivity contribution in [3.05, 3.63) is 42.0 Å². The van der Waals surface area contributed by atoms with E-state index in [0.29, 0.717) is 5.16 Å². The number of carboxylic acid groups (broad SMARTS) is 1. The highest BCUT2D eigenvalue weighted by molar-refractivity contribution is 7.99. The molecule has 1 heterocycles. The molecule has 0 saturated heterocycles. The molecule has 0 saturated carbocycles. The molecule has 94 valence electrons. The summed E-state index contributed by atoms with van der Waals surface area (Å²) in [6, 6.07) is 3.72. The Balaban J connectivity index is 2.33. The first-order valence-corrected chi connectivity index (χ1v) is 6.15. The van der Waals surface area contributed by atoms with Gasteiger partial charge in [-0.05, 0) is 36.9 Å². The summed E-state index contributed by atoms with van der Waals surface area (Å²) in [5.41, 5.74) is 0.0634. The molecule has 0 atom stereocenters. The van der Waals surface area contributed by atoms with E-state index in [1.54, 1.807) is 12.4 Å². The second kappa shape index (κ2) is 5.22. The van der Waals surface area contributed by atoms with Crippen molar-refractivity contribution < 1.29 is 14.3 Å². The van der Waals surface area contributed by atoms with Gasteiger partial charge in [-0.3, -0.25) is 0 Å². The molecule has 1 N–H and O–H groups in total. The van der Waals surface area contributed by atoms with Crippen LogP contribution in [0.25, 0.3) is 0 Å². The summed E-state index contributed by atoms with van der Waals surface area (Å²) in [6.45, 7) is 2.68. The average molecular weight is 266 g/mol. The van der Waals surface area contributed by atoms with Crippen LogP contribution in [0, 0.1) is 5.82 Å². The molecule has 0 spiro atoms. The maximum absolute atomic E-state index is 13.6. The van der Waals surface area contributed by atoms with E-state index in [1.807, 2.05) is 11.5 Å². The fraction of sp³-hybridized carbons (Fsp3) is 0.167. The van der Waals surface area contributed by atoms with Gasteiger partial charge in [0.2, 0.25) is 0 Å². The molecule has 1 aromatic heterocycles. The largest absolute Gasteiger partial charge is 0.478 e. The van der Waals surface area contributed by atoms with Crippen LogP contribution >= 0.6 is 11.8 Å². The van der Waals surface area contributed by atoms with Gasteiger partial charge in [0.25, 0.3) is 0 Å². The molecule has 1 aromatic carbocycles. The van der Waals surface area contributed by atoms with E-state index in [0.717, 1.165) is 24.4 Å². The number of nitrogens with zero attached hydrogens (tertiary/aromatic N) is 2. The zero-order chi connectivity index (χ0) is 13.1. The molecule has 2 aromatic rings. The number of aromatic nitrogens is 2. The standard InChI is InChI=1S/C12H11FN2O2S/c1-2-15-6-5-14-12(15)18-10-7-8(11(16)17)3-4-9(10)13/h3-7H,2H2,1H3,(H,16,17). The highest BCUT2D eigenvalue weighted by atomic mass is 32.2. The van der Waals surface area contributed by atoms with E-state index in [9.17, 15) is 9.18 Å². The highest BCUT2D eigenvalue weighted by Gasteiger charge is 2.12. The lowest BCUT2D eigenvalue weighted by molar-refractivity contribution is 0.0696. The number of aryl methyl sites for hydroxylation is 1. The van der Waals surface area contributed by atoms with E-state index >= 15 is 0 Å². The lowest BCUT2D eigenvalue weighted by atomic mass is 10.2. The predicted octanol–water partition coefficient (Wildman–Crippen LogP) is 2.89. The second-order valence-corrected chi connectivity index (χ2v) is 4.56. The van der Waals surface area contributed by atoms with E-state index in [-0.39, 0.29) is 10.5 Å². The lowest BCUT2D eigenvalue weighted by Crippen LogP contribution is -1.98. The van der Waals surface area contributed by atoms with Gasteiger partial charge in [-0.25, -0.2) is 14.2 Å². The van der Waals surface area contributed by atoms with Crippen LogP contribution < -0.4 is 0 Å². The van der Waals surface area contributed by atoms with Crippen molar-refractivity contribution >= 4 is 17.7 Å². The molecule has 0 amide bonds. The van der Waals surface area contributed by atoms with Gasteiger partial charge in [-0.15, -0.1) is 0 Å². The zero-order valence-corrected chi connectivity index (χ0v) is 10.4. The fourth-order valence-corrected chi connectivity index (χ4v) is 2.42. The van der Waals surface area contributed by atoms with Crippen LogP contribution in [0.1, 0.15) is 17.3 Å². The van der Waals surface area contributed by atoms with Crippen LogP contribution in [0.5, 0.6) is 0 Å². The quantitative estimate of drug-likeness (QED) is 0.924. The number of hydrogen-bond acceptors (Lipinski definition) is 3. The monoisotopic (exact) mass is 266 g/mol. The minimum absolute atomic E-state index is 0.0634. The molecule has 2 rings (SSSR count). The van der Waals surface area contributed by atoms with Gasteiger partial charge >= 0.3 is 5.97 Å². The number of carbonyl (C=O) groups is 1. The summed E-state index contributed by atoms with van der Waals surface area (Å²) in [7, 11) is 0. The molecule has 0 radical (unpaired) electrons. The Morgan fingerprint density at radius 1 is 1.56 bits per heavy atom. The molecule has 18 heavy (non-hydrogen) atoms. The SMILES string of the molecule is CCn1ccnc1Sc1cc(C(=O)O)ccc1F. The smallest absolute Gasteiger partial charge is 0.335 e. The Labute approximate surface area is 107 Å². The van der Waals surface area contributed by atoms with Crippen molar-refractivity contribution in [2.75, 3.05) is 0 Å². The number of imidazole rings is 1. The Kier molecular flexibility index (Phi) is 3.66. The summed E-state index contributed by atoms with van der Waals surface area (Å²) >= 11 is 1.12. The minimum atomic E-state index is -1.07. The number of carboxylic acids is 1. The van der Waals surface area contributed by atoms with Gasteiger partial charge in [0, 0.05) is 18.9 Å². The number of aromatic carboxylic acids is 1. The summed E-state index contributed by atoms with van der Waals surface area (Å²) in [4.78, 5) is 15.2. The Bertz CT molecular complexity index is 583. The second-order valence-electron chi connectivity index (χ2n) is 3.55. The van der Waals surface area contributed by atoms with E-state index in [1.165, 1.54) is 12.1 Å². The maximum atomic E-state index is 13.6. The van der Waals surface area contributed by atoms with Gasteiger partial charge in [-0.1, -0.05) is 0 Å². The summed E-state index contributed by atoms with van der Waals surface area (Å²) in [6.07, 6.45) is 3.42. The minimum Gasteiger partial charge on any atom is -0.478 e. The molecule has 0 bridgehead atoms. The maximum Gasteiger partial charge on any atom is 0.335 e. The Hall–Kier alpha value is -1.82. The predicted molar refractivity (Wildman–Crippen MR) is 65.4 cm³/mol. The van der Waals surface area contributed by atoms with Crippen LogP contribution in [0.2, 0.25) is 0 Å². The van der Waals surface area contributed by atoms with E-state index < -0.39 is 11.8 Å². The highest BCUT2D eigenvalue weighted by Crippen LogP contribution is 2.29. The number of rotatable bonds is 4. The van der Waals surface area contributed by atoms with Crippen molar-refractivity contribution in [1.82, 2.24) is 9.55 Å². The third-order valence-electron chi connectivity index (χ3n) is 2.40. The Morgan fingerprint density at radius 3 is 3.00 bits per heavy atom. The van der Waals surface area contributed by atoms with Crippen molar-refractivity contribution in [3.63, 3.8) is 0 Å². The van der Waals surface area contributed by atoms with E-state index in [4.69, 9.17) is 5.11 Å². The van der Waals surface area contributed by atoms with Crippen molar-refractivity contribution in [2.24, 2.45) is 0 Å². The molecule has 0 fully saturated rings. The molecular weight excluding hydrogens is 255 g/mol. The zero-order valence-electron chi connectivity index (χ0n) is 9.63. The summed E-state index contributed by atoms with van der Waals surface area (Å²) in [5, 5.41) is 9.51. The third-order valence-corrected chi connectivity index (χ3v) is 3.45. The first-order valence-electron chi connectivity index (χ1n) is 5.33. The van der Waals surface area contributed by atoms with Gasteiger partial charge < -0.3 is 9.67 Å². The van der Waals surface area contributed by atoms with Crippen LogP contribution in [-0.4, -0.2) is 20.6 Å².